The van der Waals surface area contributed by atoms with Gasteiger partial charge in [0.15, 0.2) is 0 Å². The molecule has 0 bridgehead atoms. The van der Waals surface area contributed by atoms with Crippen LogP contribution < -0.4 is 10.1 Å². The molecule has 0 saturated carbocycles. The summed E-state index contributed by atoms with van der Waals surface area (Å²) in [6.45, 7) is 6.66. The molecule has 0 radical (unpaired) electrons. The van der Waals surface area contributed by atoms with Crippen LogP contribution in [0.5, 0.6) is 5.75 Å². The van der Waals surface area contributed by atoms with E-state index in [2.05, 4.69) is 24.4 Å². The molecule has 0 spiro atoms. The predicted octanol–water partition coefficient (Wildman–Crippen LogP) is 1.88. The van der Waals surface area contributed by atoms with Gasteiger partial charge in [-0.15, -0.1) is 0 Å². The van der Waals surface area contributed by atoms with Crippen LogP contribution in [0.1, 0.15) is 25.8 Å². The van der Waals surface area contributed by atoms with Crippen molar-refractivity contribution < 1.29 is 9.84 Å². The second-order valence-corrected chi connectivity index (χ2v) is 5.83. The number of rotatable bonds is 9. The van der Waals surface area contributed by atoms with Crippen LogP contribution in [0.25, 0.3) is 0 Å². The summed E-state index contributed by atoms with van der Waals surface area (Å²) in [6.07, 6.45) is 1.02. The Balaban J connectivity index is 2.35. The Kier molecular flexibility index (Phi) is 6.99. The highest BCUT2D eigenvalue weighted by Crippen LogP contribution is 2.12. The van der Waals surface area contributed by atoms with E-state index in [4.69, 9.17) is 4.74 Å². The molecule has 0 aliphatic rings. The fourth-order valence-electron chi connectivity index (χ4n) is 2.14. The molecule has 0 aliphatic carbocycles. The number of likely N-dealkylation sites (N-methyl/N-ethyl adjacent to an activating group) is 1. The minimum absolute atomic E-state index is 0.569. The lowest BCUT2D eigenvalue weighted by atomic mass is 10.1. The molecule has 4 heteroatoms. The highest BCUT2D eigenvalue weighted by atomic mass is 16.5. The molecule has 1 aromatic carbocycles. The average Bonchev–Trinajstić information content (AvgIpc) is 2.36. The van der Waals surface area contributed by atoms with E-state index < -0.39 is 5.60 Å². The summed E-state index contributed by atoms with van der Waals surface area (Å²) in [5.74, 6) is 0.912. The monoisotopic (exact) mass is 280 g/mol. The first kappa shape index (κ1) is 17.0. The molecule has 2 N–H and O–H groups in total. The molecule has 0 saturated heterocycles. The van der Waals surface area contributed by atoms with E-state index in [1.165, 1.54) is 5.56 Å². The molecule has 20 heavy (non-hydrogen) atoms. The lowest BCUT2D eigenvalue weighted by molar-refractivity contribution is 0.0336. The van der Waals surface area contributed by atoms with Gasteiger partial charge >= 0.3 is 0 Å². The fourth-order valence-corrected chi connectivity index (χ4v) is 2.14. The first-order valence-electron chi connectivity index (χ1n) is 7.22. The standard InChI is InChI=1S/C16H28N2O2/c1-5-10-20-15-8-6-14(7-9-15)11-17-12-16(2,19)13-18(3)4/h6-9,17,19H,5,10-13H2,1-4H3. The molecular weight excluding hydrogens is 252 g/mol. The van der Waals surface area contributed by atoms with Gasteiger partial charge in [0.05, 0.1) is 12.2 Å². The van der Waals surface area contributed by atoms with Gasteiger partial charge in [0, 0.05) is 19.6 Å². The number of nitrogens with zero attached hydrogens (tertiary/aromatic N) is 1. The number of hydrogen-bond donors (Lipinski definition) is 2. The second-order valence-electron chi connectivity index (χ2n) is 5.83. The summed E-state index contributed by atoms with van der Waals surface area (Å²) in [5, 5.41) is 13.5. The van der Waals surface area contributed by atoms with Crippen LogP contribution in [-0.2, 0) is 6.54 Å². The highest BCUT2D eigenvalue weighted by molar-refractivity contribution is 5.27. The average molecular weight is 280 g/mol. The zero-order valence-corrected chi connectivity index (χ0v) is 13.1. The lowest BCUT2D eigenvalue weighted by Crippen LogP contribution is -2.45. The van der Waals surface area contributed by atoms with Gasteiger partial charge in [-0.1, -0.05) is 19.1 Å². The van der Waals surface area contributed by atoms with Crippen LogP contribution in [0.2, 0.25) is 0 Å². The number of nitrogens with one attached hydrogen (secondary N) is 1. The van der Waals surface area contributed by atoms with E-state index in [9.17, 15) is 5.11 Å². The summed E-state index contributed by atoms with van der Waals surface area (Å²) in [6, 6.07) is 8.09. The second kappa shape index (κ2) is 8.25. The molecule has 4 nitrogen and oxygen atoms in total. The van der Waals surface area contributed by atoms with Crippen LogP contribution in [0.15, 0.2) is 24.3 Å². The lowest BCUT2D eigenvalue weighted by Gasteiger charge is -2.27. The molecule has 0 heterocycles. The molecule has 1 unspecified atom stereocenters. The van der Waals surface area contributed by atoms with E-state index in [1.54, 1.807) is 0 Å². The van der Waals surface area contributed by atoms with E-state index in [0.29, 0.717) is 13.1 Å². The van der Waals surface area contributed by atoms with Crippen LogP contribution in [0, 0.1) is 0 Å². The minimum Gasteiger partial charge on any atom is -0.494 e. The Hall–Kier alpha value is -1.10. The maximum atomic E-state index is 10.2. The van der Waals surface area contributed by atoms with Crippen molar-refractivity contribution in [1.29, 1.82) is 0 Å². The highest BCUT2D eigenvalue weighted by Gasteiger charge is 2.20. The fraction of sp³-hybridized carbons (Fsp3) is 0.625. The zero-order chi connectivity index (χ0) is 15.0. The summed E-state index contributed by atoms with van der Waals surface area (Å²) >= 11 is 0. The van der Waals surface area contributed by atoms with Crippen molar-refractivity contribution >= 4 is 0 Å². The van der Waals surface area contributed by atoms with Gasteiger partial charge in [-0.25, -0.2) is 0 Å². The van der Waals surface area contributed by atoms with Crippen LogP contribution in [0.3, 0.4) is 0 Å². The van der Waals surface area contributed by atoms with Crippen molar-refractivity contribution in [2.24, 2.45) is 0 Å². The maximum Gasteiger partial charge on any atom is 0.119 e. The van der Waals surface area contributed by atoms with Crippen LogP contribution in [0.4, 0.5) is 0 Å². The van der Waals surface area contributed by atoms with Gasteiger partial charge in [-0.05, 0) is 45.1 Å². The van der Waals surface area contributed by atoms with Gasteiger partial charge < -0.3 is 20.1 Å². The first-order valence-corrected chi connectivity index (χ1v) is 7.22. The van der Waals surface area contributed by atoms with Gasteiger partial charge in [0.25, 0.3) is 0 Å². The molecule has 1 rings (SSSR count). The molecule has 0 amide bonds. The summed E-state index contributed by atoms with van der Waals surface area (Å²) in [5.41, 5.74) is 0.475. The Morgan fingerprint density at radius 2 is 1.90 bits per heavy atom. The molecule has 0 aromatic heterocycles. The van der Waals surface area contributed by atoms with E-state index in [0.717, 1.165) is 25.3 Å². The van der Waals surface area contributed by atoms with Crippen molar-refractivity contribution in [3.8, 4) is 5.75 Å². The van der Waals surface area contributed by atoms with E-state index in [-0.39, 0.29) is 0 Å². The number of ether oxygens (including phenoxy) is 1. The van der Waals surface area contributed by atoms with Crippen molar-refractivity contribution in [2.45, 2.75) is 32.4 Å². The quantitative estimate of drug-likeness (QED) is 0.725. The first-order chi connectivity index (χ1) is 9.43. The zero-order valence-electron chi connectivity index (χ0n) is 13.1. The van der Waals surface area contributed by atoms with Gasteiger partial charge in [0.1, 0.15) is 5.75 Å². The van der Waals surface area contributed by atoms with Crippen LogP contribution >= 0.6 is 0 Å². The molecule has 1 aromatic rings. The predicted molar refractivity (Wildman–Crippen MR) is 83.1 cm³/mol. The van der Waals surface area contributed by atoms with Gasteiger partial charge in [0.2, 0.25) is 0 Å². The third kappa shape index (κ3) is 6.89. The maximum absolute atomic E-state index is 10.2. The Morgan fingerprint density at radius 1 is 1.25 bits per heavy atom. The minimum atomic E-state index is -0.715. The smallest absolute Gasteiger partial charge is 0.119 e. The van der Waals surface area contributed by atoms with Crippen molar-refractivity contribution in [3.05, 3.63) is 29.8 Å². The third-order valence-corrected chi connectivity index (χ3v) is 2.89. The largest absolute Gasteiger partial charge is 0.494 e. The Labute approximate surface area is 122 Å². The molecule has 114 valence electrons. The van der Waals surface area contributed by atoms with Crippen molar-refractivity contribution in [1.82, 2.24) is 10.2 Å². The van der Waals surface area contributed by atoms with Crippen LogP contribution in [-0.4, -0.2) is 49.4 Å². The van der Waals surface area contributed by atoms with Gasteiger partial charge in [-0.3, -0.25) is 0 Å². The molecule has 0 aliphatic heterocycles. The van der Waals surface area contributed by atoms with Crippen molar-refractivity contribution in [3.63, 3.8) is 0 Å². The van der Waals surface area contributed by atoms with E-state index in [1.807, 2.05) is 38.1 Å². The molecular formula is C16H28N2O2. The summed E-state index contributed by atoms with van der Waals surface area (Å²) in [4.78, 5) is 1.99. The van der Waals surface area contributed by atoms with E-state index >= 15 is 0 Å². The molecule has 0 fully saturated rings. The third-order valence-electron chi connectivity index (χ3n) is 2.89. The normalized spacial score (nSPS) is 14.3. The molecule has 1 atom stereocenters. The summed E-state index contributed by atoms with van der Waals surface area (Å²) < 4.78 is 5.55. The Morgan fingerprint density at radius 3 is 2.45 bits per heavy atom. The SMILES string of the molecule is CCCOc1ccc(CNCC(C)(O)CN(C)C)cc1. The Bertz CT molecular complexity index is 375. The van der Waals surface area contributed by atoms with Crippen molar-refractivity contribution in [2.75, 3.05) is 33.8 Å². The number of benzene rings is 1. The number of aliphatic hydroxyl groups is 1. The number of hydrogen-bond acceptors (Lipinski definition) is 4. The summed E-state index contributed by atoms with van der Waals surface area (Å²) in [7, 11) is 3.92. The topological polar surface area (TPSA) is 44.7 Å². The van der Waals surface area contributed by atoms with Gasteiger partial charge in [-0.2, -0.15) is 0 Å².